The van der Waals surface area contributed by atoms with E-state index in [2.05, 4.69) is 15.6 Å². The molecular formula is C13H22N4O2. The summed E-state index contributed by atoms with van der Waals surface area (Å²) in [6, 6.07) is 0.322. The van der Waals surface area contributed by atoms with Crippen molar-refractivity contribution in [1.82, 2.24) is 20.2 Å². The first-order valence-corrected chi connectivity index (χ1v) is 6.80. The van der Waals surface area contributed by atoms with E-state index in [9.17, 15) is 4.79 Å². The minimum Gasteiger partial charge on any atom is -0.383 e. The highest BCUT2D eigenvalue weighted by Gasteiger charge is 2.19. The van der Waals surface area contributed by atoms with Gasteiger partial charge in [-0.15, -0.1) is 0 Å². The molecule has 0 saturated carbocycles. The Labute approximate surface area is 113 Å². The van der Waals surface area contributed by atoms with Crippen LogP contribution in [0.5, 0.6) is 0 Å². The average molecular weight is 266 g/mol. The molecule has 1 saturated heterocycles. The van der Waals surface area contributed by atoms with E-state index in [1.54, 1.807) is 13.4 Å². The second kappa shape index (κ2) is 7.25. The molecule has 1 fully saturated rings. The molecule has 0 radical (unpaired) electrons. The fourth-order valence-corrected chi connectivity index (χ4v) is 2.36. The van der Waals surface area contributed by atoms with Crippen molar-refractivity contribution < 1.29 is 9.53 Å². The number of piperidine rings is 1. The third kappa shape index (κ3) is 4.04. The molecule has 1 aromatic heterocycles. The van der Waals surface area contributed by atoms with Crippen molar-refractivity contribution in [3.05, 3.63) is 18.2 Å². The lowest BCUT2D eigenvalue weighted by molar-refractivity contribution is -0.121. The number of hydrogen-bond donors (Lipinski definition) is 2. The van der Waals surface area contributed by atoms with Crippen LogP contribution in [-0.2, 0) is 16.1 Å². The molecular weight excluding hydrogens is 244 g/mol. The van der Waals surface area contributed by atoms with Gasteiger partial charge in [0.1, 0.15) is 6.54 Å². The summed E-state index contributed by atoms with van der Waals surface area (Å²) < 4.78 is 6.82. The SMILES string of the molecule is COCCNC(=O)Cn1cncc1C1CCCCN1. The number of rotatable bonds is 6. The van der Waals surface area contributed by atoms with E-state index in [0.717, 1.165) is 18.7 Å². The van der Waals surface area contributed by atoms with E-state index in [1.807, 2.05) is 10.8 Å². The molecule has 0 spiro atoms. The Hall–Kier alpha value is -1.40. The average Bonchev–Trinajstić information content (AvgIpc) is 2.88. The second-order valence-electron chi connectivity index (χ2n) is 4.79. The molecule has 19 heavy (non-hydrogen) atoms. The van der Waals surface area contributed by atoms with Crippen LogP contribution < -0.4 is 10.6 Å². The molecule has 1 atom stereocenters. The number of ether oxygens (including phenoxy) is 1. The summed E-state index contributed by atoms with van der Waals surface area (Å²) >= 11 is 0. The van der Waals surface area contributed by atoms with Crippen LogP contribution >= 0.6 is 0 Å². The van der Waals surface area contributed by atoms with Crippen LogP contribution in [0.2, 0.25) is 0 Å². The Morgan fingerprint density at radius 3 is 3.26 bits per heavy atom. The van der Waals surface area contributed by atoms with Crippen LogP contribution in [0, 0.1) is 0 Å². The van der Waals surface area contributed by atoms with Crippen molar-refractivity contribution in [3.8, 4) is 0 Å². The lowest BCUT2D eigenvalue weighted by atomic mass is 10.0. The largest absolute Gasteiger partial charge is 0.383 e. The van der Waals surface area contributed by atoms with Gasteiger partial charge < -0.3 is 19.9 Å². The summed E-state index contributed by atoms with van der Waals surface area (Å²) in [5.74, 6) is -0.00731. The number of imidazole rings is 1. The first kappa shape index (κ1) is 14.0. The summed E-state index contributed by atoms with van der Waals surface area (Å²) in [6.07, 6.45) is 7.13. The first-order chi connectivity index (χ1) is 9.31. The van der Waals surface area contributed by atoms with Crippen LogP contribution in [0.3, 0.4) is 0 Å². The number of hydrogen-bond acceptors (Lipinski definition) is 4. The molecule has 0 aliphatic carbocycles. The van der Waals surface area contributed by atoms with Gasteiger partial charge >= 0.3 is 0 Å². The molecule has 0 aromatic carbocycles. The Morgan fingerprint density at radius 1 is 1.63 bits per heavy atom. The van der Waals surface area contributed by atoms with Gasteiger partial charge in [-0.2, -0.15) is 0 Å². The van der Waals surface area contributed by atoms with Crippen LogP contribution in [-0.4, -0.2) is 42.3 Å². The highest BCUT2D eigenvalue weighted by atomic mass is 16.5. The van der Waals surface area contributed by atoms with E-state index in [4.69, 9.17) is 4.74 Å². The third-order valence-electron chi connectivity index (χ3n) is 3.35. The van der Waals surface area contributed by atoms with E-state index in [-0.39, 0.29) is 5.91 Å². The molecule has 2 rings (SSSR count). The van der Waals surface area contributed by atoms with Gasteiger partial charge in [0.15, 0.2) is 0 Å². The van der Waals surface area contributed by atoms with Crippen LogP contribution in [0.25, 0.3) is 0 Å². The molecule has 6 heteroatoms. The minimum absolute atomic E-state index is 0.00731. The minimum atomic E-state index is -0.00731. The summed E-state index contributed by atoms with van der Waals surface area (Å²) in [6.45, 7) is 2.43. The lowest BCUT2D eigenvalue weighted by Gasteiger charge is -2.24. The number of carbonyl (C=O) groups excluding carboxylic acids is 1. The van der Waals surface area contributed by atoms with Crippen molar-refractivity contribution >= 4 is 5.91 Å². The fraction of sp³-hybridized carbons (Fsp3) is 0.692. The first-order valence-electron chi connectivity index (χ1n) is 6.80. The van der Waals surface area contributed by atoms with E-state index in [0.29, 0.717) is 25.7 Å². The van der Waals surface area contributed by atoms with Crippen molar-refractivity contribution in [1.29, 1.82) is 0 Å². The maximum atomic E-state index is 11.8. The summed E-state index contributed by atoms with van der Waals surface area (Å²) in [5.41, 5.74) is 1.10. The predicted molar refractivity (Wildman–Crippen MR) is 71.7 cm³/mol. The highest BCUT2D eigenvalue weighted by Crippen LogP contribution is 2.22. The van der Waals surface area contributed by atoms with Crippen molar-refractivity contribution in [2.75, 3.05) is 26.8 Å². The molecule has 106 valence electrons. The number of nitrogens with zero attached hydrogens (tertiary/aromatic N) is 2. The maximum Gasteiger partial charge on any atom is 0.240 e. The zero-order valence-corrected chi connectivity index (χ0v) is 11.4. The smallest absolute Gasteiger partial charge is 0.240 e. The van der Waals surface area contributed by atoms with E-state index in [1.165, 1.54) is 12.8 Å². The molecule has 2 heterocycles. The predicted octanol–water partition coefficient (Wildman–Crippen LogP) is 0.460. The highest BCUT2D eigenvalue weighted by molar-refractivity contribution is 5.75. The number of aromatic nitrogens is 2. The summed E-state index contributed by atoms with van der Waals surface area (Å²) in [7, 11) is 1.62. The Morgan fingerprint density at radius 2 is 2.53 bits per heavy atom. The van der Waals surface area contributed by atoms with Gasteiger partial charge in [-0.05, 0) is 19.4 Å². The van der Waals surface area contributed by atoms with Gasteiger partial charge in [-0.1, -0.05) is 6.42 Å². The van der Waals surface area contributed by atoms with Gasteiger partial charge in [-0.25, -0.2) is 4.98 Å². The topological polar surface area (TPSA) is 68.2 Å². The van der Waals surface area contributed by atoms with E-state index < -0.39 is 0 Å². The maximum absolute atomic E-state index is 11.8. The quantitative estimate of drug-likeness (QED) is 0.734. The molecule has 1 aromatic rings. The van der Waals surface area contributed by atoms with Crippen LogP contribution in [0.15, 0.2) is 12.5 Å². The molecule has 1 amide bonds. The Balaban J connectivity index is 1.89. The second-order valence-corrected chi connectivity index (χ2v) is 4.79. The van der Waals surface area contributed by atoms with Gasteiger partial charge in [0, 0.05) is 25.9 Å². The fourth-order valence-electron chi connectivity index (χ4n) is 2.36. The van der Waals surface area contributed by atoms with Gasteiger partial charge in [0.05, 0.1) is 18.6 Å². The van der Waals surface area contributed by atoms with Crippen molar-refractivity contribution in [3.63, 3.8) is 0 Å². The standard InChI is InChI=1S/C13H22N4O2/c1-19-7-6-16-13(18)9-17-10-14-8-12(17)11-4-2-3-5-15-11/h8,10-11,15H,2-7,9H2,1H3,(H,16,18). The lowest BCUT2D eigenvalue weighted by Crippen LogP contribution is -2.33. The van der Waals surface area contributed by atoms with Gasteiger partial charge in [0.2, 0.25) is 5.91 Å². The zero-order chi connectivity index (χ0) is 13.5. The number of amides is 1. The van der Waals surface area contributed by atoms with Crippen molar-refractivity contribution in [2.24, 2.45) is 0 Å². The summed E-state index contributed by atoms with van der Waals surface area (Å²) in [4.78, 5) is 15.9. The summed E-state index contributed by atoms with van der Waals surface area (Å²) in [5, 5.41) is 6.29. The van der Waals surface area contributed by atoms with Crippen LogP contribution in [0.1, 0.15) is 31.0 Å². The molecule has 1 unspecified atom stereocenters. The molecule has 6 nitrogen and oxygen atoms in total. The van der Waals surface area contributed by atoms with Gasteiger partial charge in [0.25, 0.3) is 0 Å². The van der Waals surface area contributed by atoms with E-state index >= 15 is 0 Å². The number of methoxy groups -OCH3 is 1. The molecule has 1 aliphatic rings. The molecule has 1 aliphatic heterocycles. The number of nitrogens with one attached hydrogen (secondary N) is 2. The Kier molecular flexibility index (Phi) is 5.35. The zero-order valence-electron chi connectivity index (χ0n) is 11.4. The normalized spacial score (nSPS) is 19.3. The van der Waals surface area contributed by atoms with Crippen molar-refractivity contribution in [2.45, 2.75) is 31.8 Å². The molecule has 2 N–H and O–H groups in total. The third-order valence-corrected chi connectivity index (χ3v) is 3.35. The Bertz CT molecular complexity index is 399. The van der Waals surface area contributed by atoms with Gasteiger partial charge in [-0.3, -0.25) is 4.79 Å². The number of carbonyl (C=O) groups is 1. The van der Waals surface area contributed by atoms with Crippen LogP contribution in [0.4, 0.5) is 0 Å². The molecule has 0 bridgehead atoms. The monoisotopic (exact) mass is 266 g/mol.